The van der Waals surface area contributed by atoms with Crippen LogP contribution in [0.2, 0.25) is 0 Å². The Morgan fingerprint density at radius 1 is 1.09 bits per heavy atom. The molecule has 0 aromatic heterocycles. The van der Waals surface area contributed by atoms with E-state index in [4.69, 9.17) is 5.73 Å². The van der Waals surface area contributed by atoms with Crippen LogP contribution in [0.3, 0.4) is 0 Å². The summed E-state index contributed by atoms with van der Waals surface area (Å²) < 4.78 is 13.5. The Morgan fingerprint density at radius 3 is 2.41 bits per heavy atom. The summed E-state index contributed by atoms with van der Waals surface area (Å²) in [4.78, 5) is 41.9. The van der Waals surface area contributed by atoms with Crippen molar-refractivity contribution in [2.45, 2.75) is 32.2 Å². The molecular weight excluding hydrogens is 437 g/mol. The van der Waals surface area contributed by atoms with Crippen LogP contribution in [-0.2, 0) is 10.2 Å². The van der Waals surface area contributed by atoms with E-state index in [9.17, 15) is 18.8 Å². The Labute approximate surface area is 199 Å². The second-order valence-electron chi connectivity index (χ2n) is 9.31. The Bertz CT molecular complexity index is 1040. The Hall–Kier alpha value is -3.46. The Balaban J connectivity index is 1.77. The van der Waals surface area contributed by atoms with E-state index in [2.05, 4.69) is 31.4 Å². The van der Waals surface area contributed by atoms with Gasteiger partial charge in [0.05, 0.1) is 6.54 Å². The number of carbonyl (C=O) groups is 3. The van der Waals surface area contributed by atoms with Crippen molar-refractivity contribution in [2.24, 2.45) is 5.73 Å². The van der Waals surface area contributed by atoms with E-state index in [0.717, 1.165) is 5.56 Å². The van der Waals surface area contributed by atoms with E-state index in [-0.39, 0.29) is 50.0 Å². The van der Waals surface area contributed by atoms with Crippen LogP contribution >= 0.6 is 0 Å². The third kappa shape index (κ3) is 6.11. The van der Waals surface area contributed by atoms with Gasteiger partial charge in [0.15, 0.2) is 0 Å². The van der Waals surface area contributed by atoms with Crippen LogP contribution in [0, 0.1) is 5.82 Å². The van der Waals surface area contributed by atoms with Crippen molar-refractivity contribution in [3.05, 3.63) is 65.5 Å². The van der Waals surface area contributed by atoms with Gasteiger partial charge in [0.2, 0.25) is 5.91 Å². The molecule has 0 saturated carbocycles. The second kappa shape index (κ2) is 10.6. The summed E-state index contributed by atoms with van der Waals surface area (Å²) in [6.45, 7) is 7.20. The Morgan fingerprint density at radius 2 is 1.79 bits per heavy atom. The molecule has 8 nitrogen and oxygen atoms in total. The fourth-order valence-electron chi connectivity index (χ4n) is 3.80. The molecule has 1 aliphatic heterocycles. The van der Waals surface area contributed by atoms with Crippen molar-refractivity contribution in [1.29, 1.82) is 0 Å². The maximum Gasteiger partial charge on any atom is 0.321 e. The molecule has 1 saturated heterocycles. The van der Waals surface area contributed by atoms with E-state index in [1.807, 2.05) is 12.1 Å². The largest absolute Gasteiger partial charge is 0.353 e. The SMILES string of the molecule is CC(C)(C)c1ccc(C(=O)N2CCN(C(=O)Nc3cccc(F)c3)CC2C(=O)NCCN)cc1. The molecule has 1 atom stereocenters. The van der Waals surface area contributed by atoms with Crippen LogP contribution in [0.15, 0.2) is 48.5 Å². The third-order valence-corrected chi connectivity index (χ3v) is 5.75. The van der Waals surface area contributed by atoms with Crippen LogP contribution in [-0.4, -0.2) is 66.4 Å². The highest BCUT2D eigenvalue weighted by molar-refractivity contribution is 5.98. The summed E-state index contributed by atoms with van der Waals surface area (Å²) in [6.07, 6.45) is 0. The van der Waals surface area contributed by atoms with Gasteiger partial charge in [-0.2, -0.15) is 0 Å². The van der Waals surface area contributed by atoms with Crippen molar-refractivity contribution in [2.75, 3.05) is 38.0 Å². The van der Waals surface area contributed by atoms with Crippen LogP contribution < -0.4 is 16.4 Å². The van der Waals surface area contributed by atoms with Crippen LogP contribution in [0.25, 0.3) is 0 Å². The molecule has 3 rings (SSSR count). The molecule has 4 N–H and O–H groups in total. The van der Waals surface area contributed by atoms with Gasteiger partial charge in [-0.3, -0.25) is 9.59 Å². The highest BCUT2D eigenvalue weighted by Crippen LogP contribution is 2.23. The number of hydrogen-bond donors (Lipinski definition) is 3. The molecule has 2 aromatic rings. The zero-order valence-corrected chi connectivity index (χ0v) is 19.8. The first kappa shape index (κ1) is 25.2. The third-order valence-electron chi connectivity index (χ3n) is 5.75. The van der Waals surface area contributed by atoms with Crippen molar-refractivity contribution in [1.82, 2.24) is 15.1 Å². The maximum absolute atomic E-state index is 13.5. The number of hydrogen-bond acceptors (Lipinski definition) is 4. The summed E-state index contributed by atoms with van der Waals surface area (Å²) in [5.74, 6) is -1.13. The monoisotopic (exact) mass is 469 g/mol. The molecule has 9 heteroatoms. The van der Waals surface area contributed by atoms with Crippen LogP contribution in [0.4, 0.5) is 14.9 Å². The lowest BCUT2D eigenvalue weighted by Gasteiger charge is -2.40. The summed E-state index contributed by atoms with van der Waals surface area (Å²) in [7, 11) is 0. The number of urea groups is 1. The number of halogens is 1. The van der Waals surface area contributed by atoms with Crippen molar-refractivity contribution in [3.8, 4) is 0 Å². The molecule has 1 fully saturated rings. The Kier molecular flexibility index (Phi) is 7.88. The lowest BCUT2D eigenvalue weighted by molar-refractivity contribution is -0.127. The summed E-state index contributed by atoms with van der Waals surface area (Å²) in [5, 5.41) is 5.36. The number of nitrogens with two attached hydrogens (primary N) is 1. The molecule has 0 radical (unpaired) electrons. The normalized spacial score (nSPS) is 16.2. The van der Waals surface area contributed by atoms with Crippen LogP contribution in [0.5, 0.6) is 0 Å². The lowest BCUT2D eigenvalue weighted by atomic mass is 9.86. The lowest BCUT2D eigenvalue weighted by Crippen LogP contribution is -2.62. The van der Waals surface area contributed by atoms with E-state index >= 15 is 0 Å². The number of benzene rings is 2. The first-order valence-electron chi connectivity index (χ1n) is 11.3. The average molecular weight is 470 g/mol. The molecule has 4 amide bonds. The zero-order valence-electron chi connectivity index (χ0n) is 19.8. The number of piperazine rings is 1. The number of rotatable bonds is 5. The highest BCUT2D eigenvalue weighted by atomic mass is 19.1. The minimum absolute atomic E-state index is 0.00334. The fourth-order valence-corrected chi connectivity index (χ4v) is 3.80. The van der Waals surface area contributed by atoms with E-state index in [1.54, 1.807) is 18.2 Å². The summed E-state index contributed by atoms with van der Waals surface area (Å²) >= 11 is 0. The molecule has 0 spiro atoms. The molecule has 0 bridgehead atoms. The van der Waals surface area contributed by atoms with Gasteiger partial charge < -0.3 is 26.2 Å². The van der Waals surface area contributed by atoms with Gasteiger partial charge in [-0.25, -0.2) is 9.18 Å². The predicted molar refractivity (Wildman–Crippen MR) is 129 cm³/mol. The zero-order chi connectivity index (χ0) is 24.9. The molecular formula is C25H32FN5O3. The van der Waals surface area contributed by atoms with Crippen molar-refractivity contribution < 1.29 is 18.8 Å². The minimum atomic E-state index is -0.881. The first-order chi connectivity index (χ1) is 16.1. The average Bonchev–Trinajstić information content (AvgIpc) is 2.81. The number of nitrogens with zero attached hydrogens (tertiary/aromatic N) is 2. The van der Waals surface area contributed by atoms with E-state index in [0.29, 0.717) is 11.3 Å². The number of carbonyl (C=O) groups excluding carboxylic acids is 3. The second-order valence-corrected chi connectivity index (χ2v) is 9.31. The van der Waals surface area contributed by atoms with Gasteiger partial charge >= 0.3 is 6.03 Å². The van der Waals surface area contributed by atoms with Crippen molar-refractivity contribution >= 4 is 23.5 Å². The van der Waals surface area contributed by atoms with Gasteiger partial charge in [0, 0.05) is 37.4 Å². The summed E-state index contributed by atoms with van der Waals surface area (Å²) in [5.41, 5.74) is 7.35. The first-order valence-corrected chi connectivity index (χ1v) is 11.3. The topological polar surface area (TPSA) is 108 Å². The molecule has 2 aromatic carbocycles. The standard InChI is InChI=1S/C25H32FN5O3/c1-25(2,3)18-9-7-17(8-10-18)23(33)31-14-13-30(16-21(31)22(32)28-12-11-27)24(34)29-20-6-4-5-19(26)15-20/h4-10,15,21H,11-14,16,27H2,1-3H3,(H,28,32)(H,29,34). The number of anilines is 1. The van der Waals surface area contributed by atoms with E-state index < -0.39 is 17.9 Å². The van der Waals surface area contributed by atoms with Gasteiger partial charge in [0.1, 0.15) is 11.9 Å². The van der Waals surface area contributed by atoms with Gasteiger partial charge in [-0.05, 0) is 41.3 Å². The molecule has 1 heterocycles. The summed E-state index contributed by atoms with van der Waals surface area (Å²) in [6, 6.07) is 11.6. The highest BCUT2D eigenvalue weighted by Gasteiger charge is 2.37. The van der Waals surface area contributed by atoms with Gasteiger partial charge in [0.25, 0.3) is 5.91 Å². The van der Waals surface area contributed by atoms with Crippen LogP contribution in [0.1, 0.15) is 36.7 Å². The fraction of sp³-hybridized carbons (Fsp3) is 0.400. The van der Waals surface area contributed by atoms with Crippen molar-refractivity contribution in [3.63, 3.8) is 0 Å². The molecule has 1 aliphatic rings. The molecule has 0 aliphatic carbocycles. The van der Waals surface area contributed by atoms with Gasteiger partial charge in [-0.15, -0.1) is 0 Å². The van der Waals surface area contributed by atoms with E-state index in [1.165, 1.54) is 28.0 Å². The predicted octanol–water partition coefficient (Wildman–Crippen LogP) is 2.56. The molecule has 34 heavy (non-hydrogen) atoms. The maximum atomic E-state index is 13.5. The molecule has 1 unspecified atom stereocenters. The smallest absolute Gasteiger partial charge is 0.321 e. The quantitative estimate of drug-likeness (QED) is 0.625. The van der Waals surface area contributed by atoms with Gasteiger partial charge in [-0.1, -0.05) is 39.0 Å². The number of nitrogens with one attached hydrogen (secondary N) is 2. The molecule has 182 valence electrons. The number of amides is 4. The minimum Gasteiger partial charge on any atom is -0.353 e.